The molecule has 0 fully saturated rings. The normalized spacial score (nSPS) is 15.7. The first-order valence-electron chi connectivity index (χ1n) is 5.34. The maximum atomic E-state index is 12.3. The molecule has 7 nitrogen and oxygen atoms in total. The highest BCUT2D eigenvalue weighted by atomic mass is 32.2. The minimum atomic E-state index is -3.79. The van der Waals surface area contributed by atoms with Crippen molar-refractivity contribution in [2.45, 2.75) is 18.0 Å². The van der Waals surface area contributed by atoms with Crippen LogP contribution in [0.25, 0.3) is 4.96 Å². The third-order valence-electron chi connectivity index (χ3n) is 2.34. The minimum absolute atomic E-state index is 0.0378. The third kappa shape index (κ3) is 2.96. The Kier molecular flexibility index (Phi) is 3.95. The van der Waals surface area contributed by atoms with E-state index < -0.39 is 26.9 Å². The Bertz CT molecular complexity index is 718. The topological polar surface area (TPSA) is 107 Å². The van der Waals surface area contributed by atoms with Gasteiger partial charge in [0.2, 0.25) is 0 Å². The minimum Gasteiger partial charge on any atom is -0.381 e. The molecule has 0 saturated carbocycles. The third-order valence-corrected chi connectivity index (χ3v) is 5.69. The molecule has 0 aliphatic heterocycles. The smallest absolute Gasteiger partial charge is 0.260 e. The maximum absolute atomic E-state index is 12.3. The van der Waals surface area contributed by atoms with Crippen molar-refractivity contribution in [1.82, 2.24) is 14.1 Å². The molecule has 0 aliphatic carbocycles. The van der Waals surface area contributed by atoms with E-state index in [2.05, 4.69) is 9.71 Å². The zero-order valence-corrected chi connectivity index (χ0v) is 12.8. The lowest BCUT2D eigenvalue weighted by Crippen LogP contribution is -2.37. The fraction of sp³-hybridized carbons (Fsp3) is 0.444. The Morgan fingerprint density at radius 3 is 2.95 bits per heavy atom. The highest BCUT2D eigenvalue weighted by Gasteiger charge is 2.26. The van der Waals surface area contributed by atoms with Gasteiger partial charge in [-0.05, 0) is 6.92 Å². The first kappa shape index (κ1) is 14.4. The first-order chi connectivity index (χ1) is 8.81. The number of fused-ring (bicyclic) bond motifs is 1. The van der Waals surface area contributed by atoms with E-state index in [0.717, 1.165) is 0 Å². The second kappa shape index (κ2) is 5.19. The van der Waals surface area contributed by atoms with Crippen molar-refractivity contribution in [2.24, 2.45) is 0 Å². The molecule has 2 rings (SSSR count). The summed E-state index contributed by atoms with van der Waals surface area (Å²) < 4.78 is 39.5. The Morgan fingerprint density at radius 1 is 1.63 bits per heavy atom. The van der Waals surface area contributed by atoms with Gasteiger partial charge in [-0.15, -0.1) is 11.3 Å². The van der Waals surface area contributed by atoms with Crippen molar-refractivity contribution in [3.05, 3.63) is 11.6 Å². The van der Waals surface area contributed by atoms with E-state index in [4.69, 9.17) is 5.73 Å². The van der Waals surface area contributed by atoms with Crippen molar-refractivity contribution in [3.8, 4) is 0 Å². The van der Waals surface area contributed by atoms with E-state index in [9.17, 15) is 12.6 Å². The van der Waals surface area contributed by atoms with Crippen LogP contribution in [0.1, 0.15) is 6.92 Å². The largest absolute Gasteiger partial charge is 0.381 e. The molecule has 0 aromatic carbocycles. The summed E-state index contributed by atoms with van der Waals surface area (Å²) in [6.07, 6.45) is 3.12. The van der Waals surface area contributed by atoms with Crippen LogP contribution in [0.2, 0.25) is 0 Å². The number of nitrogens with zero attached hydrogens (tertiary/aromatic N) is 2. The molecule has 0 bridgehead atoms. The van der Waals surface area contributed by atoms with E-state index in [1.165, 1.54) is 22.0 Å². The zero-order chi connectivity index (χ0) is 14.2. The summed E-state index contributed by atoms with van der Waals surface area (Å²) in [6.45, 7) is 1.65. The van der Waals surface area contributed by atoms with Crippen molar-refractivity contribution in [1.29, 1.82) is 0 Å². The molecular formula is C9H14N4O3S3. The van der Waals surface area contributed by atoms with Gasteiger partial charge in [0.25, 0.3) is 10.0 Å². The molecule has 0 radical (unpaired) electrons. The van der Waals surface area contributed by atoms with E-state index in [-0.39, 0.29) is 16.6 Å². The van der Waals surface area contributed by atoms with Gasteiger partial charge in [0, 0.05) is 40.4 Å². The van der Waals surface area contributed by atoms with Gasteiger partial charge in [-0.3, -0.25) is 8.61 Å². The number of sulfonamides is 1. The predicted octanol–water partition coefficient (Wildman–Crippen LogP) is 0.0233. The SMILES string of the molecule is CC(CS(C)=O)NS(=O)(=O)c1c(N)nc2sccn12. The number of anilines is 1. The number of thiazole rings is 1. The van der Waals surface area contributed by atoms with Crippen LogP contribution < -0.4 is 10.5 Å². The van der Waals surface area contributed by atoms with E-state index in [0.29, 0.717) is 4.96 Å². The lowest BCUT2D eigenvalue weighted by molar-refractivity contribution is 0.566. The maximum Gasteiger partial charge on any atom is 0.260 e. The fourth-order valence-corrected chi connectivity index (χ4v) is 4.88. The van der Waals surface area contributed by atoms with Gasteiger partial charge in [-0.1, -0.05) is 0 Å². The monoisotopic (exact) mass is 322 g/mol. The molecule has 2 heterocycles. The molecular weight excluding hydrogens is 308 g/mol. The molecule has 2 atom stereocenters. The second-order valence-electron chi connectivity index (χ2n) is 4.12. The van der Waals surface area contributed by atoms with Crippen LogP contribution in [-0.2, 0) is 20.8 Å². The van der Waals surface area contributed by atoms with Gasteiger partial charge in [-0.2, -0.15) is 0 Å². The van der Waals surface area contributed by atoms with Gasteiger partial charge in [-0.25, -0.2) is 18.1 Å². The number of aromatic nitrogens is 2. The molecule has 0 aliphatic rings. The van der Waals surface area contributed by atoms with Crippen LogP contribution in [0, 0.1) is 0 Å². The molecule has 10 heteroatoms. The van der Waals surface area contributed by atoms with Gasteiger partial charge in [0.15, 0.2) is 15.8 Å². The Hall–Kier alpha value is -0.970. The summed E-state index contributed by atoms with van der Waals surface area (Å²) in [5.74, 6) is 0.203. The molecule has 106 valence electrons. The molecule has 2 aromatic rings. The average Bonchev–Trinajstić information content (AvgIpc) is 2.72. The lowest BCUT2D eigenvalue weighted by Gasteiger charge is -2.12. The molecule has 19 heavy (non-hydrogen) atoms. The summed E-state index contributed by atoms with van der Waals surface area (Å²) in [5.41, 5.74) is 5.66. The Labute approximate surface area is 117 Å². The van der Waals surface area contributed by atoms with Crippen LogP contribution in [0.15, 0.2) is 16.6 Å². The lowest BCUT2D eigenvalue weighted by atomic mass is 10.4. The molecule has 2 aromatic heterocycles. The summed E-state index contributed by atoms with van der Waals surface area (Å²) in [5, 5.41) is 1.66. The number of nitrogens with two attached hydrogens (primary N) is 1. The summed E-state index contributed by atoms with van der Waals surface area (Å²) in [4.78, 5) is 4.51. The Balaban J connectivity index is 2.36. The van der Waals surface area contributed by atoms with Gasteiger partial charge in [0.1, 0.15) is 0 Å². The first-order valence-corrected chi connectivity index (χ1v) is 9.43. The molecule has 0 spiro atoms. The van der Waals surface area contributed by atoms with Gasteiger partial charge in [0.05, 0.1) is 0 Å². The fourth-order valence-electron chi connectivity index (χ4n) is 1.76. The number of hydrogen-bond acceptors (Lipinski definition) is 6. The summed E-state index contributed by atoms with van der Waals surface area (Å²) in [7, 11) is -4.87. The molecule has 0 amide bonds. The number of hydrogen-bond donors (Lipinski definition) is 2. The highest BCUT2D eigenvalue weighted by Crippen LogP contribution is 2.23. The van der Waals surface area contributed by atoms with E-state index in [1.54, 1.807) is 18.5 Å². The summed E-state index contributed by atoms with van der Waals surface area (Å²) >= 11 is 1.30. The van der Waals surface area contributed by atoms with E-state index >= 15 is 0 Å². The van der Waals surface area contributed by atoms with Crippen molar-refractivity contribution in [2.75, 3.05) is 17.7 Å². The molecule has 2 unspecified atom stereocenters. The summed E-state index contributed by atoms with van der Waals surface area (Å²) in [6, 6.07) is -0.445. The average molecular weight is 322 g/mol. The van der Waals surface area contributed by atoms with Crippen LogP contribution in [-0.4, -0.2) is 40.1 Å². The highest BCUT2D eigenvalue weighted by molar-refractivity contribution is 7.89. The van der Waals surface area contributed by atoms with Crippen molar-refractivity contribution >= 4 is 42.9 Å². The zero-order valence-electron chi connectivity index (χ0n) is 10.4. The Morgan fingerprint density at radius 2 is 2.32 bits per heavy atom. The molecule has 0 saturated heterocycles. The number of imidazole rings is 1. The van der Waals surface area contributed by atoms with E-state index in [1.807, 2.05) is 0 Å². The van der Waals surface area contributed by atoms with Crippen molar-refractivity contribution in [3.63, 3.8) is 0 Å². The van der Waals surface area contributed by atoms with Crippen LogP contribution in [0.5, 0.6) is 0 Å². The van der Waals surface area contributed by atoms with Crippen LogP contribution in [0.4, 0.5) is 5.82 Å². The number of nitrogen functional groups attached to an aromatic ring is 1. The second-order valence-corrected chi connectivity index (χ2v) is 8.10. The van der Waals surface area contributed by atoms with Gasteiger partial charge < -0.3 is 5.73 Å². The predicted molar refractivity (Wildman–Crippen MR) is 76.2 cm³/mol. The van der Waals surface area contributed by atoms with Crippen molar-refractivity contribution < 1.29 is 12.6 Å². The standard InChI is InChI=1S/C9H14N4O3S3/c1-6(5-18(2)14)12-19(15,16)8-7(10)11-9-13(8)3-4-17-9/h3-4,6,12H,5,10H2,1-2H3. The van der Waals surface area contributed by atoms with Crippen LogP contribution >= 0.6 is 11.3 Å². The quantitative estimate of drug-likeness (QED) is 0.807. The molecule has 3 N–H and O–H groups in total. The van der Waals surface area contributed by atoms with Crippen LogP contribution in [0.3, 0.4) is 0 Å². The number of nitrogens with one attached hydrogen (secondary N) is 1. The van der Waals surface area contributed by atoms with Gasteiger partial charge >= 0.3 is 0 Å². The number of rotatable bonds is 5.